The fraction of sp³-hybridized carbons (Fsp3) is 0.231. The molecule has 0 saturated heterocycles. The van der Waals surface area contributed by atoms with Crippen LogP contribution < -0.4 is 0 Å². The van der Waals surface area contributed by atoms with E-state index >= 15 is 0 Å². The van der Waals surface area contributed by atoms with Gasteiger partial charge in [-0.3, -0.25) is 4.98 Å². The molecule has 44 heavy (non-hydrogen) atoms. The molecule has 0 atom stereocenters. The van der Waals surface area contributed by atoms with Gasteiger partial charge in [0.1, 0.15) is 0 Å². The van der Waals surface area contributed by atoms with Crippen LogP contribution in [0.4, 0.5) is 0 Å². The predicted octanol–water partition coefficient (Wildman–Crippen LogP) is 9.07. The summed E-state index contributed by atoms with van der Waals surface area (Å²) < 4.78 is 0. The molecule has 2 aliphatic rings. The molecule has 0 saturated carbocycles. The summed E-state index contributed by atoms with van der Waals surface area (Å²) in [6.45, 7) is 13.0. The van der Waals surface area contributed by atoms with Crippen LogP contribution in [0.1, 0.15) is 64.4 Å². The molecule has 3 aromatic heterocycles. The lowest BCUT2D eigenvalue weighted by molar-refractivity contribution is 0.283. The molecule has 5 heterocycles. The fourth-order valence-corrected chi connectivity index (χ4v) is 6.84. The van der Waals surface area contributed by atoms with E-state index < -0.39 is 0 Å². The summed E-state index contributed by atoms with van der Waals surface area (Å²) in [5.74, 6) is 0. The van der Waals surface area contributed by atoms with Crippen molar-refractivity contribution in [3.8, 4) is 22.3 Å². The molecule has 5 aromatic rings. The number of aryl methyl sites for hydroxylation is 4. The van der Waals surface area contributed by atoms with Gasteiger partial charge in [0.15, 0.2) is 0 Å². The molecule has 0 spiro atoms. The summed E-state index contributed by atoms with van der Waals surface area (Å²) in [5.41, 5.74) is 17.5. The first-order valence-electron chi connectivity index (χ1n) is 15.3. The van der Waals surface area contributed by atoms with Gasteiger partial charge >= 0.3 is 0 Å². The number of aromatic amines is 2. The number of H-pyrrole nitrogens is 2. The van der Waals surface area contributed by atoms with Crippen LogP contribution in [0.3, 0.4) is 0 Å². The van der Waals surface area contributed by atoms with Gasteiger partial charge in [-0.2, -0.15) is 0 Å². The van der Waals surface area contributed by atoms with Gasteiger partial charge in [0.2, 0.25) is 0 Å². The topological polar surface area (TPSA) is 77.6 Å². The van der Waals surface area contributed by atoms with Gasteiger partial charge in [0.25, 0.3) is 0 Å². The summed E-state index contributed by atoms with van der Waals surface area (Å²) in [5, 5.41) is 10.5. The minimum Gasteiger partial charge on any atom is -0.392 e. The number of aliphatic hydroxyl groups excluding tert-OH is 1. The summed E-state index contributed by atoms with van der Waals surface area (Å²) in [6.07, 6.45) is 5.06. The SMILES string of the molecule is Cc1ccc(-c2c3nc(c(-c4c(C)cc(C)cc4C)c4cc(CO)c(cc5nc(cc6ccc2[nH]6)C(C)(C)C5)[nH]4)C=C3)cc1. The Morgan fingerprint density at radius 2 is 1.39 bits per heavy atom. The van der Waals surface area contributed by atoms with Crippen molar-refractivity contribution in [1.29, 1.82) is 0 Å². The van der Waals surface area contributed by atoms with Crippen molar-refractivity contribution in [1.82, 2.24) is 19.9 Å². The van der Waals surface area contributed by atoms with Crippen molar-refractivity contribution in [3.63, 3.8) is 0 Å². The van der Waals surface area contributed by atoms with E-state index in [1.54, 1.807) is 0 Å². The Bertz CT molecular complexity index is 2120. The number of benzene rings is 2. The second-order valence-corrected chi connectivity index (χ2v) is 13.1. The van der Waals surface area contributed by atoms with Gasteiger partial charge in [-0.05, 0) is 92.4 Å². The van der Waals surface area contributed by atoms with E-state index in [1.165, 1.54) is 22.3 Å². The molecular formula is C39H38N4O. The molecule has 0 fully saturated rings. The monoisotopic (exact) mass is 578 g/mol. The van der Waals surface area contributed by atoms with E-state index in [9.17, 15) is 5.11 Å². The molecule has 8 bridgehead atoms. The van der Waals surface area contributed by atoms with E-state index in [0.29, 0.717) is 0 Å². The van der Waals surface area contributed by atoms with Gasteiger partial charge in [-0.25, -0.2) is 4.98 Å². The van der Waals surface area contributed by atoms with Crippen molar-refractivity contribution in [2.45, 2.75) is 60.0 Å². The molecule has 0 unspecified atom stereocenters. The lowest BCUT2D eigenvalue weighted by Crippen LogP contribution is -2.14. The highest BCUT2D eigenvalue weighted by molar-refractivity contribution is 5.96. The Morgan fingerprint density at radius 3 is 2.09 bits per heavy atom. The second-order valence-electron chi connectivity index (χ2n) is 13.1. The first kappa shape index (κ1) is 28.1. The summed E-state index contributed by atoms with van der Waals surface area (Å²) in [7, 11) is 0. The Kier molecular flexibility index (Phi) is 6.67. The number of aromatic nitrogens is 4. The number of hydrogen-bond acceptors (Lipinski definition) is 3. The summed E-state index contributed by atoms with van der Waals surface area (Å²) in [6, 6.07) is 23.7. The molecule has 7 rings (SSSR count). The minimum atomic E-state index is -0.126. The number of aliphatic hydroxyl groups is 1. The van der Waals surface area contributed by atoms with E-state index in [4.69, 9.17) is 9.97 Å². The minimum absolute atomic E-state index is 0.0726. The molecule has 3 N–H and O–H groups in total. The van der Waals surface area contributed by atoms with E-state index in [1.807, 2.05) is 0 Å². The maximum absolute atomic E-state index is 10.5. The number of hydrogen-bond donors (Lipinski definition) is 3. The summed E-state index contributed by atoms with van der Waals surface area (Å²) in [4.78, 5) is 17.8. The maximum Gasteiger partial charge on any atom is 0.0737 e. The highest BCUT2D eigenvalue weighted by atomic mass is 16.3. The second kappa shape index (κ2) is 10.5. The van der Waals surface area contributed by atoms with Crippen LogP contribution >= 0.6 is 0 Å². The van der Waals surface area contributed by atoms with Crippen molar-refractivity contribution >= 4 is 34.2 Å². The molecule has 2 aromatic carbocycles. The van der Waals surface area contributed by atoms with Crippen molar-refractivity contribution in [3.05, 3.63) is 117 Å². The van der Waals surface area contributed by atoms with Crippen LogP contribution in [0.25, 0.3) is 56.5 Å². The predicted molar refractivity (Wildman–Crippen MR) is 182 cm³/mol. The summed E-state index contributed by atoms with van der Waals surface area (Å²) >= 11 is 0. The lowest BCUT2D eigenvalue weighted by Gasteiger charge is -2.15. The van der Waals surface area contributed by atoms with Gasteiger partial charge < -0.3 is 15.1 Å². The van der Waals surface area contributed by atoms with Crippen molar-refractivity contribution < 1.29 is 5.11 Å². The van der Waals surface area contributed by atoms with Crippen LogP contribution in [0.5, 0.6) is 0 Å². The van der Waals surface area contributed by atoms with Gasteiger partial charge in [0, 0.05) is 62.0 Å². The third kappa shape index (κ3) is 4.87. The molecule has 2 aliphatic heterocycles. The Balaban J connectivity index is 1.68. The molecule has 0 radical (unpaired) electrons. The van der Waals surface area contributed by atoms with Crippen LogP contribution in [-0.4, -0.2) is 25.0 Å². The maximum atomic E-state index is 10.5. The molecule has 0 aliphatic carbocycles. The van der Waals surface area contributed by atoms with E-state index in [2.05, 4.69) is 130 Å². The number of fused-ring (bicyclic) bond motifs is 8. The molecule has 5 heteroatoms. The van der Waals surface area contributed by atoms with E-state index in [-0.39, 0.29) is 12.0 Å². The van der Waals surface area contributed by atoms with Crippen LogP contribution in [0.2, 0.25) is 0 Å². The zero-order chi connectivity index (χ0) is 30.7. The third-order valence-electron chi connectivity index (χ3n) is 8.95. The van der Waals surface area contributed by atoms with Crippen molar-refractivity contribution in [2.75, 3.05) is 0 Å². The largest absolute Gasteiger partial charge is 0.392 e. The number of nitrogens with zero attached hydrogens (tertiary/aromatic N) is 2. The van der Waals surface area contributed by atoms with E-state index in [0.717, 1.165) is 79.1 Å². The molecule has 220 valence electrons. The molecular weight excluding hydrogens is 540 g/mol. The Hall–Kier alpha value is -4.74. The lowest BCUT2D eigenvalue weighted by atomic mass is 9.87. The highest BCUT2D eigenvalue weighted by Crippen LogP contribution is 2.38. The highest BCUT2D eigenvalue weighted by Gasteiger charge is 2.28. The normalized spacial score (nSPS) is 13.9. The third-order valence-corrected chi connectivity index (χ3v) is 8.95. The van der Waals surface area contributed by atoms with Crippen LogP contribution in [-0.2, 0) is 18.4 Å². The van der Waals surface area contributed by atoms with Crippen LogP contribution in [0, 0.1) is 27.7 Å². The zero-order valence-electron chi connectivity index (χ0n) is 26.3. The van der Waals surface area contributed by atoms with Gasteiger partial charge in [0.05, 0.1) is 18.0 Å². The fourth-order valence-electron chi connectivity index (χ4n) is 6.84. The number of nitrogens with one attached hydrogen (secondary N) is 2. The van der Waals surface area contributed by atoms with Crippen LogP contribution in [0.15, 0.2) is 66.7 Å². The smallest absolute Gasteiger partial charge is 0.0737 e. The quantitative estimate of drug-likeness (QED) is 0.196. The first-order chi connectivity index (χ1) is 21.1. The Morgan fingerprint density at radius 1 is 0.682 bits per heavy atom. The van der Waals surface area contributed by atoms with Gasteiger partial charge in [-0.1, -0.05) is 61.4 Å². The standard InChI is InChI=1S/C39H38N4O/c1-22-7-9-26(10-8-22)37-30-12-11-28(40-30)19-35-39(5,6)20-29(41-35)18-33-27(21-44)17-34(43-33)38(32-14-13-31(37)42-32)36-24(3)15-23(2)16-25(36)4/h7-19,40,43-44H,20-21H2,1-6H3. The molecule has 0 amide bonds. The Labute approximate surface area is 258 Å². The van der Waals surface area contributed by atoms with Gasteiger partial charge in [-0.15, -0.1) is 0 Å². The average molecular weight is 579 g/mol. The van der Waals surface area contributed by atoms with Crippen molar-refractivity contribution in [2.24, 2.45) is 0 Å². The first-order valence-corrected chi connectivity index (χ1v) is 15.3. The average Bonchev–Trinajstić information content (AvgIpc) is 3.75. The zero-order valence-corrected chi connectivity index (χ0v) is 26.3. The molecule has 5 nitrogen and oxygen atoms in total. The number of rotatable bonds is 3.